The van der Waals surface area contributed by atoms with Crippen LogP contribution in [0.5, 0.6) is 0 Å². The molecule has 0 bridgehead atoms. The van der Waals surface area contributed by atoms with Gasteiger partial charge in [0, 0.05) is 6.04 Å². The van der Waals surface area contributed by atoms with Crippen LogP contribution in [0.3, 0.4) is 0 Å². The zero-order chi connectivity index (χ0) is 13.4. The van der Waals surface area contributed by atoms with E-state index < -0.39 is 28.6 Å². The molecule has 9 heteroatoms. The van der Waals surface area contributed by atoms with Gasteiger partial charge >= 0.3 is 12.4 Å². The van der Waals surface area contributed by atoms with Crippen molar-refractivity contribution in [2.24, 2.45) is 0 Å². The molecule has 0 rings (SSSR count). The number of nitrogens with one attached hydrogen (secondary N) is 1. The summed E-state index contributed by atoms with van der Waals surface area (Å²) in [7, 11) is 0. The molecule has 0 saturated carbocycles. The maximum atomic E-state index is 12.3. The molecule has 0 aliphatic carbocycles. The molecule has 2 nitrogen and oxygen atoms in total. The summed E-state index contributed by atoms with van der Waals surface area (Å²) in [5.41, 5.74) is 0. The summed E-state index contributed by atoms with van der Waals surface area (Å²) in [4.78, 5) is 11.0. The van der Waals surface area contributed by atoms with E-state index in [1.165, 1.54) is 29.8 Å². The lowest BCUT2D eigenvalue weighted by molar-refractivity contribution is -0.255. The van der Waals surface area contributed by atoms with Gasteiger partial charge in [-0.1, -0.05) is 15.9 Å². The van der Waals surface area contributed by atoms with E-state index >= 15 is 0 Å². The molecule has 0 saturated heterocycles. The van der Waals surface area contributed by atoms with Crippen LogP contribution in [0.15, 0.2) is 0 Å². The minimum atomic E-state index is -5.77. The van der Waals surface area contributed by atoms with Crippen LogP contribution in [0.25, 0.3) is 0 Å². The molecule has 1 N–H and O–H groups in total. The molecule has 0 aliphatic rings. The van der Waals surface area contributed by atoms with Crippen molar-refractivity contribution in [3.05, 3.63) is 0 Å². The van der Waals surface area contributed by atoms with Gasteiger partial charge in [-0.15, -0.1) is 0 Å². The predicted molar refractivity (Wildman–Crippen MR) is 47.0 cm³/mol. The first-order valence-corrected chi connectivity index (χ1v) is 4.76. The van der Waals surface area contributed by atoms with Gasteiger partial charge in [0.2, 0.25) is 0 Å². The molecule has 0 aromatic carbocycles. The highest BCUT2D eigenvalue weighted by atomic mass is 79.9. The second kappa shape index (κ2) is 4.42. The van der Waals surface area contributed by atoms with E-state index in [-0.39, 0.29) is 0 Å². The van der Waals surface area contributed by atoms with Crippen LogP contribution in [0.2, 0.25) is 0 Å². The van der Waals surface area contributed by atoms with Crippen LogP contribution in [-0.2, 0) is 4.79 Å². The minimum absolute atomic E-state index is 0.839. The van der Waals surface area contributed by atoms with Crippen molar-refractivity contribution in [3.63, 3.8) is 0 Å². The van der Waals surface area contributed by atoms with Gasteiger partial charge in [0.25, 0.3) is 10.2 Å². The van der Waals surface area contributed by atoms with Gasteiger partial charge in [0.1, 0.15) is 0 Å². The van der Waals surface area contributed by atoms with Crippen molar-refractivity contribution < 1.29 is 31.1 Å². The molecule has 0 atom stereocenters. The highest BCUT2D eigenvalue weighted by molar-refractivity contribution is 9.10. The largest absolute Gasteiger partial charge is 0.421 e. The number of carbonyl (C=O) groups is 1. The highest BCUT2D eigenvalue weighted by Gasteiger charge is 2.74. The Bertz CT molecular complexity index is 257. The van der Waals surface area contributed by atoms with Gasteiger partial charge in [-0.25, -0.2) is 0 Å². The van der Waals surface area contributed by atoms with Crippen molar-refractivity contribution in [1.82, 2.24) is 5.32 Å². The van der Waals surface area contributed by atoms with Gasteiger partial charge in [-0.3, -0.25) is 4.79 Å². The molecular formula is C7H8BrF6NO. The third kappa shape index (κ3) is 2.80. The van der Waals surface area contributed by atoms with Gasteiger partial charge in [0.05, 0.1) is 0 Å². The molecule has 0 aromatic rings. The Hall–Kier alpha value is -0.470. The summed E-state index contributed by atoms with van der Waals surface area (Å²) in [6.07, 6.45) is -11.5. The zero-order valence-electron chi connectivity index (χ0n) is 8.13. The average molecular weight is 316 g/mol. The zero-order valence-corrected chi connectivity index (χ0v) is 9.72. The fraction of sp³-hybridized carbons (Fsp3) is 0.857. The van der Waals surface area contributed by atoms with E-state index in [4.69, 9.17) is 0 Å². The average Bonchev–Trinajstić information content (AvgIpc) is 1.96. The second-order valence-electron chi connectivity index (χ2n) is 3.28. The molecule has 0 heterocycles. The summed E-state index contributed by atoms with van der Waals surface area (Å²) >= 11 is 1.46. The first kappa shape index (κ1) is 15.5. The number of halogens is 7. The topological polar surface area (TPSA) is 29.1 Å². The van der Waals surface area contributed by atoms with Crippen molar-refractivity contribution in [2.75, 3.05) is 0 Å². The van der Waals surface area contributed by atoms with E-state index in [9.17, 15) is 31.1 Å². The predicted octanol–water partition coefficient (Wildman–Crippen LogP) is 2.77. The van der Waals surface area contributed by atoms with E-state index in [1.807, 2.05) is 0 Å². The summed E-state index contributed by atoms with van der Waals surface area (Å²) in [6.45, 7) is 2.50. The standard InChI is InChI=1S/C7H8BrF6NO/c1-3(2)15-4(16)5(8,6(9,10)11)7(12,13)14/h3H,1-2H3,(H,15,16). The molecule has 0 unspecified atom stereocenters. The lowest BCUT2D eigenvalue weighted by atomic mass is 10.1. The van der Waals surface area contributed by atoms with E-state index in [0.717, 1.165) is 0 Å². The smallest absolute Gasteiger partial charge is 0.352 e. The molecule has 0 fully saturated rings. The molecule has 0 aliphatic heterocycles. The lowest BCUT2D eigenvalue weighted by Crippen LogP contribution is -2.62. The van der Waals surface area contributed by atoms with Gasteiger partial charge in [-0.05, 0) is 13.8 Å². The van der Waals surface area contributed by atoms with Crippen molar-refractivity contribution in [2.45, 2.75) is 36.6 Å². The third-order valence-corrected chi connectivity index (χ3v) is 2.77. The fourth-order valence-corrected chi connectivity index (χ4v) is 0.894. The first-order valence-electron chi connectivity index (χ1n) is 3.97. The van der Waals surface area contributed by atoms with Crippen LogP contribution < -0.4 is 5.32 Å². The Kier molecular flexibility index (Phi) is 4.29. The number of hydrogen-bond acceptors (Lipinski definition) is 1. The Morgan fingerprint density at radius 2 is 1.38 bits per heavy atom. The number of carbonyl (C=O) groups excluding carboxylic acids is 1. The maximum absolute atomic E-state index is 12.3. The number of rotatable bonds is 2. The molecule has 0 aromatic heterocycles. The van der Waals surface area contributed by atoms with E-state index in [0.29, 0.717) is 0 Å². The van der Waals surface area contributed by atoms with Gasteiger partial charge in [-0.2, -0.15) is 26.3 Å². The molecule has 0 spiro atoms. The van der Waals surface area contributed by atoms with Crippen molar-refractivity contribution in [1.29, 1.82) is 0 Å². The van der Waals surface area contributed by atoms with Gasteiger partial charge in [0.15, 0.2) is 0 Å². The van der Waals surface area contributed by atoms with Crippen LogP contribution in [0, 0.1) is 0 Å². The minimum Gasteiger partial charge on any atom is -0.352 e. The number of hydrogen-bond donors (Lipinski definition) is 1. The Morgan fingerprint density at radius 1 is 1.06 bits per heavy atom. The third-order valence-electron chi connectivity index (χ3n) is 1.51. The Labute approximate surface area is 95.5 Å². The van der Waals surface area contributed by atoms with Crippen molar-refractivity contribution in [3.8, 4) is 0 Å². The highest BCUT2D eigenvalue weighted by Crippen LogP contribution is 2.49. The lowest BCUT2D eigenvalue weighted by Gasteiger charge is -2.31. The maximum Gasteiger partial charge on any atom is 0.421 e. The Morgan fingerprint density at radius 3 is 1.56 bits per heavy atom. The van der Waals surface area contributed by atoms with Crippen LogP contribution >= 0.6 is 15.9 Å². The SMILES string of the molecule is CC(C)NC(=O)C(Br)(C(F)(F)F)C(F)(F)F. The second-order valence-corrected chi connectivity index (χ2v) is 4.47. The van der Waals surface area contributed by atoms with E-state index in [2.05, 4.69) is 0 Å². The quantitative estimate of drug-likeness (QED) is 0.616. The van der Waals surface area contributed by atoms with Crippen molar-refractivity contribution >= 4 is 21.8 Å². The van der Waals surface area contributed by atoms with Gasteiger partial charge < -0.3 is 5.32 Å². The fourth-order valence-electron chi connectivity index (χ4n) is 0.780. The van der Waals surface area contributed by atoms with Crippen LogP contribution in [0.4, 0.5) is 26.3 Å². The normalized spacial score (nSPS) is 14.1. The molecule has 1 amide bonds. The number of amides is 1. The summed E-state index contributed by atoms with van der Waals surface area (Å²) in [5.74, 6) is -2.18. The van der Waals surface area contributed by atoms with E-state index in [1.54, 1.807) is 5.32 Å². The number of alkyl halides is 7. The Balaban J connectivity index is 5.36. The molecule has 0 radical (unpaired) electrons. The summed E-state index contributed by atoms with van der Waals surface area (Å²) in [5, 5.41) is 1.57. The van der Waals surface area contributed by atoms with Crippen LogP contribution in [0.1, 0.15) is 13.8 Å². The van der Waals surface area contributed by atoms with Crippen LogP contribution in [-0.4, -0.2) is 28.6 Å². The monoisotopic (exact) mass is 315 g/mol. The summed E-state index contributed by atoms with van der Waals surface area (Å²) in [6, 6.07) is -0.839. The first-order chi connectivity index (χ1) is 6.84. The molecule has 16 heavy (non-hydrogen) atoms. The molecular weight excluding hydrogens is 308 g/mol. The molecule has 96 valence electrons. The summed E-state index contributed by atoms with van der Waals surface area (Å²) < 4.78 is 69.1.